The second-order valence-corrected chi connectivity index (χ2v) is 4.89. The molecule has 5 heteroatoms. The highest BCUT2D eigenvalue weighted by Crippen LogP contribution is 2.25. The molecule has 19 heavy (non-hydrogen) atoms. The van der Waals surface area contributed by atoms with Gasteiger partial charge in [-0.3, -0.25) is 14.6 Å². The van der Waals surface area contributed by atoms with E-state index in [4.69, 9.17) is 4.74 Å². The fourth-order valence-corrected chi connectivity index (χ4v) is 2.50. The molecule has 2 rings (SSSR count). The van der Waals surface area contributed by atoms with Crippen molar-refractivity contribution in [1.29, 1.82) is 0 Å². The van der Waals surface area contributed by atoms with Crippen molar-refractivity contribution in [2.75, 3.05) is 20.2 Å². The quantitative estimate of drug-likeness (QED) is 0.755. The van der Waals surface area contributed by atoms with Crippen LogP contribution in [-0.2, 0) is 9.53 Å². The van der Waals surface area contributed by atoms with Crippen molar-refractivity contribution < 1.29 is 14.3 Å². The number of esters is 1. The van der Waals surface area contributed by atoms with Crippen LogP contribution in [0, 0.1) is 11.8 Å². The molecule has 0 N–H and O–H groups in total. The van der Waals surface area contributed by atoms with Gasteiger partial charge in [0.25, 0.3) is 5.91 Å². The Morgan fingerprint density at radius 1 is 1.47 bits per heavy atom. The Balaban J connectivity index is 2.02. The smallest absolute Gasteiger partial charge is 0.309 e. The molecule has 1 aliphatic rings. The Kier molecular flexibility index (Phi) is 4.14. The SMILES string of the molecule is COC(=O)[C@H]1CCN(C(=O)c2cccnc2)C[C@@H]1C. The number of pyridine rings is 1. The molecule has 0 spiro atoms. The highest BCUT2D eigenvalue weighted by atomic mass is 16.5. The van der Waals surface area contributed by atoms with Gasteiger partial charge in [-0.15, -0.1) is 0 Å². The van der Waals surface area contributed by atoms with Crippen molar-refractivity contribution in [3.8, 4) is 0 Å². The highest BCUT2D eigenvalue weighted by Gasteiger charge is 2.33. The lowest BCUT2D eigenvalue weighted by atomic mass is 9.87. The molecule has 102 valence electrons. The zero-order valence-corrected chi connectivity index (χ0v) is 11.2. The molecule has 0 unspecified atom stereocenters. The predicted molar refractivity (Wildman–Crippen MR) is 69.4 cm³/mol. The van der Waals surface area contributed by atoms with Gasteiger partial charge < -0.3 is 9.64 Å². The van der Waals surface area contributed by atoms with Crippen LogP contribution in [0.3, 0.4) is 0 Å². The van der Waals surface area contributed by atoms with Crippen molar-refractivity contribution >= 4 is 11.9 Å². The third-order valence-electron chi connectivity index (χ3n) is 3.60. The Bertz CT molecular complexity index is 461. The van der Waals surface area contributed by atoms with Gasteiger partial charge in [-0.2, -0.15) is 0 Å². The second kappa shape index (κ2) is 5.82. The van der Waals surface area contributed by atoms with Crippen molar-refractivity contribution in [3.05, 3.63) is 30.1 Å². The molecule has 1 fully saturated rings. The minimum absolute atomic E-state index is 0.0248. The number of amides is 1. The highest BCUT2D eigenvalue weighted by molar-refractivity contribution is 5.94. The molecule has 1 aromatic rings. The van der Waals surface area contributed by atoms with E-state index in [0.29, 0.717) is 25.1 Å². The van der Waals surface area contributed by atoms with Gasteiger partial charge >= 0.3 is 5.97 Å². The van der Waals surface area contributed by atoms with Crippen molar-refractivity contribution in [1.82, 2.24) is 9.88 Å². The first-order chi connectivity index (χ1) is 9.13. The number of nitrogens with zero attached hydrogens (tertiary/aromatic N) is 2. The summed E-state index contributed by atoms with van der Waals surface area (Å²) in [5, 5.41) is 0. The topological polar surface area (TPSA) is 59.5 Å². The summed E-state index contributed by atoms with van der Waals surface area (Å²) in [6, 6.07) is 3.50. The van der Waals surface area contributed by atoms with Gasteiger partial charge in [0.05, 0.1) is 18.6 Å². The number of piperidine rings is 1. The van der Waals surface area contributed by atoms with Crippen LogP contribution in [0.1, 0.15) is 23.7 Å². The van der Waals surface area contributed by atoms with Gasteiger partial charge in [0, 0.05) is 25.5 Å². The van der Waals surface area contributed by atoms with Gasteiger partial charge in [-0.25, -0.2) is 0 Å². The van der Waals surface area contributed by atoms with Crippen LogP contribution in [0.2, 0.25) is 0 Å². The molecule has 2 atom stereocenters. The summed E-state index contributed by atoms with van der Waals surface area (Å²) in [5.74, 6) is -0.200. The van der Waals surface area contributed by atoms with Gasteiger partial charge in [0.2, 0.25) is 0 Å². The molecule has 0 bridgehead atoms. The minimum atomic E-state index is -0.180. The summed E-state index contributed by atoms with van der Waals surface area (Å²) >= 11 is 0. The van der Waals surface area contributed by atoms with E-state index in [0.717, 1.165) is 0 Å². The summed E-state index contributed by atoms with van der Waals surface area (Å²) < 4.78 is 4.79. The molecular weight excluding hydrogens is 244 g/mol. The molecule has 5 nitrogen and oxygen atoms in total. The van der Waals surface area contributed by atoms with Crippen LogP contribution in [0.15, 0.2) is 24.5 Å². The number of ether oxygens (including phenoxy) is 1. The van der Waals surface area contributed by atoms with Crippen LogP contribution >= 0.6 is 0 Å². The van der Waals surface area contributed by atoms with E-state index < -0.39 is 0 Å². The second-order valence-electron chi connectivity index (χ2n) is 4.89. The average Bonchev–Trinajstić information content (AvgIpc) is 2.46. The van der Waals surface area contributed by atoms with Crippen LogP contribution < -0.4 is 0 Å². The van der Waals surface area contributed by atoms with Gasteiger partial charge in [0.1, 0.15) is 0 Å². The van der Waals surface area contributed by atoms with Gasteiger partial charge in [-0.05, 0) is 24.5 Å². The maximum absolute atomic E-state index is 12.3. The zero-order valence-electron chi connectivity index (χ0n) is 11.2. The molecule has 1 amide bonds. The summed E-state index contributed by atoms with van der Waals surface area (Å²) in [6.45, 7) is 3.13. The van der Waals surface area contributed by atoms with Crippen LogP contribution in [0.4, 0.5) is 0 Å². The zero-order chi connectivity index (χ0) is 13.8. The molecule has 1 saturated heterocycles. The van der Waals surface area contributed by atoms with E-state index in [1.165, 1.54) is 7.11 Å². The van der Waals surface area contributed by atoms with E-state index in [1.807, 2.05) is 6.92 Å². The lowest BCUT2D eigenvalue weighted by molar-refractivity contribution is -0.148. The lowest BCUT2D eigenvalue weighted by Crippen LogP contribution is -2.45. The number of rotatable bonds is 2. The van der Waals surface area contributed by atoms with E-state index in [1.54, 1.807) is 29.4 Å². The Morgan fingerprint density at radius 3 is 2.84 bits per heavy atom. The third-order valence-corrected chi connectivity index (χ3v) is 3.60. The number of carbonyl (C=O) groups is 2. The summed E-state index contributed by atoms with van der Waals surface area (Å²) in [7, 11) is 1.40. The van der Waals surface area contributed by atoms with Crippen molar-refractivity contribution in [2.24, 2.45) is 11.8 Å². The van der Waals surface area contributed by atoms with E-state index >= 15 is 0 Å². The van der Waals surface area contributed by atoms with Crippen LogP contribution in [0.25, 0.3) is 0 Å². The first-order valence-electron chi connectivity index (χ1n) is 6.40. The standard InChI is InChI=1S/C14H18N2O3/c1-10-9-16(7-5-12(10)14(18)19-2)13(17)11-4-3-6-15-8-11/h3-4,6,8,10,12H,5,7,9H2,1-2H3/t10-,12-/m0/s1. The van der Waals surface area contributed by atoms with Crippen LogP contribution in [-0.4, -0.2) is 42.0 Å². The number of methoxy groups -OCH3 is 1. The molecule has 1 aromatic heterocycles. The summed E-state index contributed by atoms with van der Waals surface area (Å²) in [4.78, 5) is 29.6. The Morgan fingerprint density at radius 2 is 2.26 bits per heavy atom. The fraction of sp³-hybridized carbons (Fsp3) is 0.500. The molecule has 0 radical (unpaired) electrons. The van der Waals surface area contributed by atoms with Gasteiger partial charge in [-0.1, -0.05) is 6.92 Å². The third kappa shape index (κ3) is 2.92. The number of carbonyl (C=O) groups excluding carboxylic acids is 2. The number of hydrogen-bond acceptors (Lipinski definition) is 4. The van der Waals surface area contributed by atoms with E-state index in [-0.39, 0.29) is 23.7 Å². The van der Waals surface area contributed by atoms with Crippen LogP contribution in [0.5, 0.6) is 0 Å². The normalized spacial score (nSPS) is 22.9. The van der Waals surface area contributed by atoms with Crippen molar-refractivity contribution in [3.63, 3.8) is 0 Å². The summed E-state index contributed by atoms with van der Waals surface area (Å²) in [6.07, 6.45) is 3.86. The lowest BCUT2D eigenvalue weighted by Gasteiger charge is -2.35. The average molecular weight is 262 g/mol. The molecule has 0 saturated carbocycles. The molecule has 0 aliphatic carbocycles. The molecular formula is C14H18N2O3. The van der Waals surface area contributed by atoms with E-state index in [2.05, 4.69) is 4.98 Å². The van der Waals surface area contributed by atoms with Gasteiger partial charge in [0.15, 0.2) is 0 Å². The van der Waals surface area contributed by atoms with E-state index in [9.17, 15) is 9.59 Å². The minimum Gasteiger partial charge on any atom is -0.469 e. The summed E-state index contributed by atoms with van der Waals surface area (Å²) in [5.41, 5.74) is 0.589. The maximum atomic E-state index is 12.3. The number of likely N-dealkylation sites (tertiary alicyclic amines) is 1. The Hall–Kier alpha value is -1.91. The molecule has 0 aromatic carbocycles. The van der Waals surface area contributed by atoms with Crippen molar-refractivity contribution in [2.45, 2.75) is 13.3 Å². The Labute approximate surface area is 112 Å². The predicted octanol–water partition coefficient (Wildman–Crippen LogP) is 1.35. The maximum Gasteiger partial charge on any atom is 0.309 e. The first-order valence-corrected chi connectivity index (χ1v) is 6.40. The molecule has 2 heterocycles. The first kappa shape index (κ1) is 13.5. The fourth-order valence-electron chi connectivity index (χ4n) is 2.50. The largest absolute Gasteiger partial charge is 0.469 e. The molecule has 1 aliphatic heterocycles. The number of hydrogen-bond donors (Lipinski definition) is 0. The number of aromatic nitrogens is 1. The monoisotopic (exact) mass is 262 g/mol.